The van der Waals surface area contributed by atoms with Crippen LogP contribution in [0.2, 0.25) is 0 Å². The zero-order valence-electron chi connectivity index (χ0n) is 14.7. The Morgan fingerprint density at radius 2 is 1.88 bits per heavy atom. The molecule has 2 aromatic carbocycles. The Morgan fingerprint density at radius 3 is 2.62 bits per heavy atom. The number of hydrogen-bond donors (Lipinski definition) is 3. The molecule has 1 saturated heterocycles. The standard InChI is InChI=1S/C20H24N4O2/c21-16-8-6-14(7-9-16)12-19(25)23-17-4-1-3-15(11-17)13-24-10-2-5-18(24)20(22)26/h1,3-4,6-9,11,18H,2,5,10,12-13,21H2,(H2,22,26)(H,23,25). The number of primary amides is 1. The third-order valence-electron chi connectivity index (χ3n) is 4.63. The normalized spacial score (nSPS) is 17.2. The molecule has 1 atom stereocenters. The lowest BCUT2D eigenvalue weighted by Gasteiger charge is -2.22. The van der Waals surface area contributed by atoms with Gasteiger partial charge in [0.15, 0.2) is 0 Å². The van der Waals surface area contributed by atoms with E-state index in [-0.39, 0.29) is 17.9 Å². The van der Waals surface area contributed by atoms with Crippen LogP contribution in [0.15, 0.2) is 48.5 Å². The Hall–Kier alpha value is -2.86. The Bertz CT molecular complexity index is 789. The molecule has 2 aromatic rings. The number of amides is 2. The topological polar surface area (TPSA) is 101 Å². The summed E-state index contributed by atoms with van der Waals surface area (Å²) in [7, 11) is 0. The summed E-state index contributed by atoms with van der Waals surface area (Å²) in [6.07, 6.45) is 2.08. The number of nitrogens with zero attached hydrogens (tertiary/aromatic N) is 1. The van der Waals surface area contributed by atoms with Crippen molar-refractivity contribution in [3.8, 4) is 0 Å². The zero-order valence-corrected chi connectivity index (χ0v) is 14.7. The number of hydrogen-bond acceptors (Lipinski definition) is 4. The Balaban J connectivity index is 1.61. The number of nitrogens with one attached hydrogen (secondary N) is 1. The van der Waals surface area contributed by atoms with E-state index in [1.807, 2.05) is 36.4 Å². The van der Waals surface area contributed by atoms with Gasteiger partial charge in [-0.15, -0.1) is 0 Å². The van der Waals surface area contributed by atoms with Gasteiger partial charge < -0.3 is 16.8 Å². The molecule has 0 bridgehead atoms. The van der Waals surface area contributed by atoms with Crippen molar-refractivity contribution in [2.45, 2.75) is 31.8 Å². The van der Waals surface area contributed by atoms with E-state index in [1.54, 1.807) is 12.1 Å². The second-order valence-electron chi connectivity index (χ2n) is 6.70. The number of carbonyl (C=O) groups excluding carboxylic acids is 2. The van der Waals surface area contributed by atoms with Crippen molar-refractivity contribution >= 4 is 23.2 Å². The van der Waals surface area contributed by atoms with Gasteiger partial charge in [0.05, 0.1) is 12.5 Å². The van der Waals surface area contributed by atoms with Gasteiger partial charge in [0.2, 0.25) is 11.8 Å². The van der Waals surface area contributed by atoms with Gasteiger partial charge in [-0.2, -0.15) is 0 Å². The average molecular weight is 352 g/mol. The van der Waals surface area contributed by atoms with Crippen molar-refractivity contribution in [2.75, 3.05) is 17.6 Å². The van der Waals surface area contributed by atoms with Gasteiger partial charge in [-0.3, -0.25) is 14.5 Å². The second kappa shape index (κ2) is 8.01. The Morgan fingerprint density at radius 1 is 1.12 bits per heavy atom. The van der Waals surface area contributed by atoms with Crippen molar-refractivity contribution in [2.24, 2.45) is 5.73 Å². The fourth-order valence-corrected chi connectivity index (χ4v) is 3.35. The molecule has 1 fully saturated rings. The monoisotopic (exact) mass is 352 g/mol. The van der Waals surface area contributed by atoms with Crippen molar-refractivity contribution in [3.63, 3.8) is 0 Å². The molecule has 5 N–H and O–H groups in total. The molecule has 26 heavy (non-hydrogen) atoms. The maximum absolute atomic E-state index is 12.3. The van der Waals surface area contributed by atoms with Gasteiger partial charge >= 0.3 is 0 Å². The number of carbonyl (C=O) groups is 2. The minimum absolute atomic E-state index is 0.0805. The van der Waals surface area contributed by atoms with Gasteiger partial charge in [0.25, 0.3) is 0 Å². The molecular weight excluding hydrogens is 328 g/mol. The fraction of sp³-hybridized carbons (Fsp3) is 0.300. The number of nitrogen functional groups attached to an aromatic ring is 1. The first-order valence-corrected chi connectivity index (χ1v) is 8.78. The van der Waals surface area contributed by atoms with Crippen LogP contribution in [0.4, 0.5) is 11.4 Å². The predicted molar refractivity (Wildman–Crippen MR) is 102 cm³/mol. The molecule has 1 aliphatic heterocycles. The van der Waals surface area contributed by atoms with Crippen LogP contribution in [0.25, 0.3) is 0 Å². The molecule has 2 amide bonds. The van der Waals surface area contributed by atoms with Crippen molar-refractivity contribution in [1.82, 2.24) is 4.90 Å². The molecule has 0 saturated carbocycles. The van der Waals surface area contributed by atoms with E-state index in [0.29, 0.717) is 18.7 Å². The van der Waals surface area contributed by atoms with Crippen LogP contribution >= 0.6 is 0 Å². The third-order valence-corrected chi connectivity index (χ3v) is 4.63. The van der Waals surface area contributed by atoms with E-state index >= 15 is 0 Å². The smallest absolute Gasteiger partial charge is 0.234 e. The minimum atomic E-state index is -0.268. The van der Waals surface area contributed by atoms with Crippen LogP contribution < -0.4 is 16.8 Å². The second-order valence-corrected chi connectivity index (χ2v) is 6.70. The van der Waals surface area contributed by atoms with Crippen LogP contribution in [0, 0.1) is 0 Å². The molecule has 136 valence electrons. The van der Waals surface area contributed by atoms with E-state index < -0.39 is 0 Å². The highest BCUT2D eigenvalue weighted by Gasteiger charge is 2.28. The summed E-state index contributed by atoms with van der Waals surface area (Å²) in [6.45, 7) is 1.51. The number of rotatable bonds is 6. The molecule has 6 heteroatoms. The van der Waals surface area contributed by atoms with Gasteiger partial charge in [-0.1, -0.05) is 24.3 Å². The van der Waals surface area contributed by atoms with Crippen LogP contribution in [0.3, 0.4) is 0 Å². The summed E-state index contributed by atoms with van der Waals surface area (Å²) >= 11 is 0. The average Bonchev–Trinajstić information content (AvgIpc) is 3.05. The minimum Gasteiger partial charge on any atom is -0.399 e. The van der Waals surface area contributed by atoms with E-state index in [0.717, 1.165) is 36.2 Å². The van der Waals surface area contributed by atoms with Crippen LogP contribution in [-0.4, -0.2) is 29.3 Å². The molecule has 6 nitrogen and oxygen atoms in total. The van der Waals surface area contributed by atoms with Gasteiger partial charge in [-0.25, -0.2) is 0 Å². The highest BCUT2D eigenvalue weighted by Crippen LogP contribution is 2.21. The van der Waals surface area contributed by atoms with Crippen molar-refractivity contribution in [3.05, 3.63) is 59.7 Å². The maximum atomic E-state index is 12.3. The predicted octanol–water partition coefficient (Wildman–Crippen LogP) is 1.90. The molecule has 1 aliphatic rings. The fourth-order valence-electron chi connectivity index (χ4n) is 3.35. The SMILES string of the molecule is NC(=O)C1CCCN1Cc1cccc(NC(=O)Cc2ccc(N)cc2)c1. The lowest BCUT2D eigenvalue weighted by Crippen LogP contribution is -2.39. The summed E-state index contributed by atoms with van der Waals surface area (Å²) in [6, 6.07) is 14.8. The van der Waals surface area contributed by atoms with E-state index in [4.69, 9.17) is 11.5 Å². The third kappa shape index (κ3) is 4.61. The van der Waals surface area contributed by atoms with E-state index in [2.05, 4.69) is 10.2 Å². The van der Waals surface area contributed by atoms with Crippen molar-refractivity contribution in [1.29, 1.82) is 0 Å². The first kappa shape index (κ1) is 17.9. The molecule has 1 heterocycles. The van der Waals surface area contributed by atoms with Crippen LogP contribution in [0.1, 0.15) is 24.0 Å². The molecule has 0 radical (unpaired) electrons. The summed E-state index contributed by atoms with van der Waals surface area (Å²) in [5.41, 5.74) is 14.5. The summed E-state index contributed by atoms with van der Waals surface area (Å²) in [5.74, 6) is -0.349. The van der Waals surface area contributed by atoms with Crippen LogP contribution in [0.5, 0.6) is 0 Å². The lowest BCUT2D eigenvalue weighted by molar-refractivity contribution is -0.122. The summed E-state index contributed by atoms with van der Waals surface area (Å²) < 4.78 is 0. The van der Waals surface area contributed by atoms with Gasteiger partial charge in [-0.05, 0) is 54.8 Å². The first-order chi connectivity index (χ1) is 12.5. The van der Waals surface area contributed by atoms with Gasteiger partial charge in [0, 0.05) is 17.9 Å². The number of anilines is 2. The van der Waals surface area contributed by atoms with Crippen molar-refractivity contribution < 1.29 is 9.59 Å². The van der Waals surface area contributed by atoms with Crippen LogP contribution in [-0.2, 0) is 22.6 Å². The Kier molecular flexibility index (Phi) is 5.53. The number of likely N-dealkylation sites (tertiary alicyclic amines) is 1. The highest BCUT2D eigenvalue weighted by molar-refractivity contribution is 5.92. The van der Waals surface area contributed by atoms with E-state index in [9.17, 15) is 9.59 Å². The molecule has 1 unspecified atom stereocenters. The highest BCUT2D eigenvalue weighted by atomic mass is 16.2. The first-order valence-electron chi connectivity index (χ1n) is 8.78. The maximum Gasteiger partial charge on any atom is 0.234 e. The molecule has 0 spiro atoms. The van der Waals surface area contributed by atoms with E-state index in [1.165, 1.54) is 0 Å². The molecule has 0 aliphatic carbocycles. The van der Waals surface area contributed by atoms with Gasteiger partial charge in [0.1, 0.15) is 0 Å². The molecular formula is C20H24N4O2. The summed E-state index contributed by atoms with van der Waals surface area (Å²) in [5, 5.41) is 2.92. The number of nitrogens with two attached hydrogens (primary N) is 2. The lowest BCUT2D eigenvalue weighted by atomic mass is 10.1. The largest absolute Gasteiger partial charge is 0.399 e. The zero-order chi connectivity index (χ0) is 18.5. The molecule has 3 rings (SSSR count). The molecule has 0 aromatic heterocycles. The number of benzene rings is 2. The summed E-state index contributed by atoms with van der Waals surface area (Å²) in [4.78, 5) is 25.9. The quantitative estimate of drug-likeness (QED) is 0.691. The Labute approximate surface area is 153 Å².